The number of hydrogen-bond donors (Lipinski definition) is 2. The van der Waals surface area contributed by atoms with E-state index in [1.807, 2.05) is 0 Å². The monoisotopic (exact) mass is 284 g/mol. The van der Waals surface area contributed by atoms with Crippen molar-refractivity contribution in [3.05, 3.63) is 0 Å². The van der Waals surface area contributed by atoms with E-state index < -0.39 is 7.82 Å². The predicted molar refractivity (Wildman–Crippen MR) is 66.1 cm³/mol. The Morgan fingerprint density at radius 3 is 1.60 bits per heavy atom. The Labute approximate surface area is 130 Å². The molecule has 0 aliphatic carbocycles. The summed E-state index contributed by atoms with van der Waals surface area (Å²) in [4.78, 5) is 15.8. The van der Waals surface area contributed by atoms with Gasteiger partial charge in [-0.3, -0.25) is 9.05 Å². The van der Waals surface area contributed by atoms with Crippen LogP contribution in [-0.4, -0.2) is 82.3 Å². The van der Waals surface area contributed by atoms with E-state index in [4.69, 9.17) is 9.69 Å². The van der Waals surface area contributed by atoms with Gasteiger partial charge < -0.3 is 9.69 Å². The van der Waals surface area contributed by atoms with Gasteiger partial charge in [0.1, 0.15) is 10.5 Å². The zero-order valence-electron chi connectivity index (χ0n) is 10.4. The molecule has 15 heavy (non-hydrogen) atoms. The fraction of sp³-hybridized carbons (Fsp3) is 1.00. The second-order valence-corrected chi connectivity index (χ2v) is 5.32. The largest absolute Gasteiger partial charge is 0.442 e. The molecule has 0 aliphatic heterocycles. The second kappa shape index (κ2) is 18.3. The van der Waals surface area contributed by atoms with Crippen LogP contribution in [0.3, 0.4) is 0 Å². The van der Waals surface area contributed by atoms with Crippen LogP contribution in [0.25, 0.3) is 0 Å². The van der Waals surface area contributed by atoms with Crippen molar-refractivity contribution in [3.8, 4) is 0 Å². The first kappa shape index (κ1) is 22.1. The van der Waals surface area contributed by atoms with E-state index in [0.717, 1.165) is 49.0 Å². The molecular formula is C7H22KO5PSi. The molecule has 0 radical (unpaired) electrons. The van der Waals surface area contributed by atoms with E-state index in [1.165, 1.54) is 6.94 Å². The quantitative estimate of drug-likeness (QED) is 0.564. The summed E-state index contributed by atoms with van der Waals surface area (Å²) >= 11 is 1.11. The first-order valence-corrected chi connectivity index (χ1v) is 9.70. The summed E-state index contributed by atoms with van der Waals surface area (Å²) in [5, 5.41) is 0. The second-order valence-electron chi connectivity index (χ2n) is 2.30. The fourth-order valence-corrected chi connectivity index (χ4v) is 1.09. The summed E-state index contributed by atoms with van der Waals surface area (Å²) in [5.74, 6) is 0. The summed E-state index contributed by atoms with van der Waals surface area (Å²) in [6.45, 7) is 5.86. The van der Waals surface area contributed by atoms with Crippen molar-refractivity contribution in [3.63, 3.8) is 0 Å². The van der Waals surface area contributed by atoms with E-state index in [-0.39, 0.29) is 13.2 Å². The van der Waals surface area contributed by atoms with Crippen LogP contribution in [0.15, 0.2) is 0 Å². The van der Waals surface area contributed by atoms with Gasteiger partial charge in [0.25, 0.3) is 0 Å². The SMILES string of the molecule is CCOP(=O)(O)OCC.CC[CH2][K].O[SiH3]. The molecular weight excluding hydrogens is 262 g/mol. The van der Waals surface area contributed by atoms with E-state index >= 15 is 0 Å². The van der Waals surface area contributed by atoms with Crippen molar-refractivity contribution in [2.75, 3.05) is 13.2 Å². The van der Waals surface area contributed by atoms with Crippen LogP contribution in [0, 0.1) is 0 Å². The van der Waals surface area contributed by atoms with Gasteiger partial charge in [-0.1, -0.05) is 0 Å². The third-order valence-electron chi connectivity index (χ3n) is 1.08. The molecule has 8 heteroatoms. The molecule has 0 unspecified atom stereocenters. The Bertz CT molecular complexity index is 137. The van der Waals surface area contributed by atoms with Crippen LogP contribution in [0.5, 0.6) is 0 Å². The molecule has 5 nitrogen and oxygen atoms in total. The predicted octanol–water partition coefficient (Wildman–Crippen LogP) is 0.402. The molecule has 0 aromatic heterocycles. The van der Waals surface area contributed by atoms with Gasteiger partial charge in [-0.15, -0.1) is 0 Å². The number of hydrogen-bond acceptors (Lipinski definition) is 4. The molecule has 0 saturated heterocycles. The van der Waals surface area contributed by atoms with E-state index in [0.29, 0.717) is 10.5 Å². The third-order valence-corrected chi connectivity index (χ3v) is 3.82. The van der Waals surface area contributed by atoms with Gasteiger partial charge in [-0.25, -0.2) is 4.57 Å². The Morgan fingerprint density at radius 1 is 1.20 bits per heavy atom. The molecule has 90 valence electrons. The Morgan fingerprint density at radius 2 is 1.47 bits per heavy atom. The van der Waals surface area contributed by atoms with Gasteiger partial charge in [0.05, 0.1) is 13.2 Å². The van der Waals surface area contributed by atoms with Gasteiger partial charge in [-0.2, -0.15) is 0 Å². The Balaban J connectivity index is -0.000000202. The van der Waals surface area contributed by atoms with E-state index in [9.17, 15) is 4.57 Å². The average molecular weight is 284 g/mol. The smallest absolute Gasteiger partial charge is 0.141 e. The van der Waals surface area contributed by atoms with Crippen molar-refractivity contribution in [1.29, 1.82) is 0 Å². The zero-order valence-corrected chi connectivity index (χ0v) is 16.4. The molecule has 0 heterocycles. The molecule has 0 aromatic rings. The maximum Gasteiger partial charge on any atom is 0.141 e. The average Bonchev–Trinajstić information content (AvgIpc) is 2.21. The zero-order chi connectivity index (χ0) is 12.7. The standard InChI is InChI=1S/C4H11O4P.C3H7.K.H4OSi/c1-3-7-9(5,6)8-4-2;1-3-2;;1-2/h3-4H2,1-2H3,(H,5,6);1,3H2,2H3;;1H,2H3. The number of rotatable bonds is 5. The summed E-state index contributed by atoms with van der Waals surface area (Å²) in [7, 11) is -3.39. The topological polar surface area (TPSA) is 76.0 Å². The van der Waals surface area contributed by atoms with Crippen molar-refractivity contribution >= 4 is 67.3 Å². The van der Waals surface area contributed by atoms with Crippen LogP contribution < -0.4 is 0 Å². The van der Waals surface area contributed by atoms with Gasteiger partial charge in [0.15, 0.2) is 0 Å². The summed E-state index contributed by atoms with van der Waals surface area (Å²) < 4.78 is 20.7. The molecule has 0 amide bonds. The molecule has 0 rings (SSSR count). The first-order chi connectivity index (χ1) is 7.04. The molecule has 0 fully saturated rings. The van der Waals surface area contributed by atoms with Crippen LogP contribution in [0.1, 0.15) is 27.2 Å². The van der Waals surface area contributed by atoms with Crippen LogP contribution in [0.4, 0.5) is 0 Å². The number of phosphoric acid groups is 1. The molecule has 0 atom stereocenters. The van der Waals surface area contributed by atoms with Gasteiger partial charge in [0.2, 0.25) is 0 Å². The normalized spacial score (nSPS) is 9.80. The summed E-state index contributed by atoms with van der Waals surface area (Å²) in [6, 6.07) is 0. The van der Waals surface area contributed by atoms with Crippen LogP contribution in [-0.2, 0) is 13.6 Å². The maximum absolute atomic E-state index is 10.5. The fourth-order valence-electron chi connectivity index (χ4n) is 0.364. The van der Waals surface area contributed by atoms with E-state index in [1.54, 1.807) is 13.8 Å². The minimum Gasteiger partial charge on any atom is -0.442 e. The molecule has 0 aromatic carbocycles. The maximum atomic E-state index is 10.5. The van der Waals surface area contributed by atoms with E-state index in [2.05, 4.69) is 16.0 Å². The summed E-state index contributed by atoms with van der Waals surface area (Å²) in [5.41, 5.74) is 0. The van der Waals surface area contributed by atoms with Crippen molar-refractivity contribution in [2.24, 2.45) is 0 Å². The third kappa shape index (κ3) is 25.9. The minimum atomic E-state index is -3.69. The van der Waals surface area contributed by atoms with Crippen molar-refractivity contribution in [2.45, 2.75) is 27.7 Å². The molecule has 0 aliphatic rings. The summed E-state index contributed by atoms with van der Waals surface area (Å²) in [6.07, 6.45) is 1.40. The van der Waals surface area contributed by atoms with Gasteiger partial charge in [0, 0.05) is 0 Å². The van der Waals surface area contributed by atoms with Crippen LogP contribution in [0.2, 0.25) is 0.515 Å². The van der Waals surface area contributed by atoms with Crippen molar-refractivity contribution in [1.82, 2.24) is 0 Å². The van der Waals surface area contributed by atoms with Gasteiger partial charge in [-0.05, 0) is 13.8 Å². The molecule has 0 spiro atoms. The molecule has 0 saturated carbocycles. The Hall–Kier alpha value is 1.92. The van der Waals surface area contributed by atoms with Gasteiger partial charge >= 0.3 is 70.6 Å². The Kier molecular flexibility index (Phi) is 27.0. The number of phosphoric ester groups is 1. The van der Waals surface area contributed by atoms with Crippen molar-refractivity contribution < 1.29 is 23.3 Å². The molecule has 0 bridgehead atoms. The first-order valence-electron chi connectivity index (χ1n) is 5.10. The van der Waals surface area contributed by atoms with Crippen LogP contribution >= 0.6 is 7.82 Å². The molecule has 2 N–H and O–H groups in total. The minimum absolute atomic E-state index is 0.188.